The second-order valence-electron chi connectivity index (χ2n) is 5.10. The molecule has 1 atom stereocenters. The van der Waals surface area contributed by atoms with Gasteiger partial charge in [0.15, 0.2) is 5.17 Å². The van der Waals surface area contributed by atoms with Gasteiger partial charge in [-0.2, -0.15) is 4.99 Å². The molecule has 0 saturated carbocycles. The zero-order chi connectivity index (χ0) is 16.7. The smallest absolute Gasteiger partial charge is 0.257 e. The lowest BCUT2D eigenvalue weighted by molar-refractivity contribution is -0.120. The van der Waals surface area contributed by atoms with Gasteiger partial charge in [0.1, 0.15) is 0 Å². The molecule has 2 amide bonds. The highest BCUT2D eigenvalue weighted by molar-refractivity contribution is 8.14. The van der Waals surface area contributed by atoms with Crippen molar-refractivity contribution >= 4 is 34.5 Å². The van der Waals surface area contributed by atoms with Gasteiger partial charge < -0.3 is 10.4 Å². The Bertz CT molecular complexity index is 629. The molecular weight excluding hydrogens is 314 g/mol. The number of amidine groups is 1. The first-order valence-corrected chi connectivity index (χ1v) is 8.30. The first-order valence-electron chi connectivity index (χ1n) is 7.32. The number of nitrogens with one attached hydrogen (secondary N) is 1. The predicted molar refractivity (Wildman–Crippen MR) is 91.5 cm³/mol. The average molecular weight is 333 g/mol. The minimum absolute atomic E-state index is 0.0802. The van der Waals surface area contributed by atoms with E-state index in [0.717, 1.165) is 17.3 Å². The number of hydrogen-bond acceptors (Lipinski definition) is 5. The first-order chi connectivity index (χ1) is 11.1. The Morgan fingerprint density at radius 1 is 1.30 bits per heavy atom. The van der Waals surface area contributed by atoms with Gasteiger partial charge in [0.2, 0.25) is 5.91 Å². The van der Waals surface area contributed by atoms with E-state index in [0.29, 0.717) is 23.8 Å². The number of amides is 2. The van der Waals surface area contributed by atoms with Crippen LogP contribution in [-0.4, -0.2) is 40.2 Å². The molecular formula is C16H19N3O3S. The van der Waals surface area contributed by atoms with E-state index >= 15 is 0 Å². The molecule has 0 saturated heterocycles. The molecule has 122 valence electrons. The molecule has 2 rings (SSSR count). The number of carbonyl (C=O) groups is 2. The van der Waals surface area contributed by atoms with Gasteiger partial charge in [-0.25, -0.2) is 4.99 Å². The summed E-state index contributed by atoms with van der Waals surface area (Å²) in [6, 6.07) is 9.63. The van der Waals surface area contributed by atoms with Gasteiger partial charge in [-0.1, -0.05) is 42.1 Å². The Balaban J connectivity index is 1.80. The summed E-state index contributed by atoms with van der Waals surface area (Å²) in [6.07, 6.45) is 0.327. The van der Waals surface area contributed by atoms with Crippen molar-refractivity contribution in [3.63, 3.8) is 0 Å². The quantitative estimate of drug-likeness (QED) is 0.823. The maximum Gasteiger partial charge on any atom is 0.257 e. The second kappa shape index (κ2) is 8.59. The Morgan fingerprint density at radius 3 is 2.70 bits per heavy atom. The van der Waals surface area contributed by atoms with Crippen LogP contribution in [0.4, 0.5) is 0 Å². The minimum atomic E-state index is -0.448. The Hall–Kier alpha value is -1.99. The number of aliphatic imine (C=N–C) groups is 2. The van der Waals surface area contributed by atoms with Crippen molar-refractivity contribution in [2.75, 3.05) is 12.4 Å². The van der Waals surface area contributed by atoms with E-state index < -0.39 is 5.92 Å². The van der Waals surface area contributed by atoms with Gasteiger partial charge in [-0.3, -0.25) is 9.59 Å². The van der Waals surface area contributed by atoms with Crippen LogP contribution < -0.4 is 5.32 Å². The van der Waals surface area contributed by atoms with E-state index in [1.807, 2.05) is 30.3 Å². The molecule has 6 nitrogen and oxygen atoms in total. The van der Waals surface area contributed by atoms with Crippen LogP contribution in [-0.2, 0) is 16.1 Å². The molecule has 2 N–H and O–H groups in total. The van der Waals surface area contributed by atoms with Gasteiger partial charge in [-0.15, -0.1) is 0 Å². The average Bonchev–Trinajstić information content (AvgIpc) is 2.55. The molecule has 7 heteroatoms. The standard InChI is InChI=1S/C16H19N3O3S/c1-11-13(7-8-20)15(22)19-16(18-11)23-10-14(21)17-9-12-5-3-2-4-6-12/h2-6,13,20H,7-10H2,1H3,(H,17,21). The Labute approximate surface area is 139 Å². The van der Waals surface area contributed by atoms with E-state index in [-0.39, 0.29) is 24.2 Å². The topological polar surface area (TPSA) is 91.1 Å². The van der Waals surface area contributed by atoms with Crippen molar-refractivity contribution < 1.29 is 14.7 Å². The van der Waals surface area contributed by atoms with Crippen LogP contribution in [0.5, 0.6) is 0 Å². The zero-order valence-corrected chi connectivity index (χ0v) is 13.7. The largest absolute Gasteiger partial charge is 0.396 e. The monoisotopic (exact) mass is 333 g/mol. The van der Waals surface area contributed by atoms with E-state index in [1.165, 1.54) is 0 Å². The lowest BCUT2D eigenvalue weighted by Gasteiger charge is -2.16. The van der Waals surface area contributed by atoms with Crippen LogP contribution in [0.1, 0.15) is 18.9 Å². The fourth-order valence-corrected chi connectivity index (χ4v) is 2.83. The predicted octanol–water partition coefficient (Wildman–Crippen LogP) is 1.39. The summed E-state index contributed by atoms with van der Waals surface area (Å²) in [5.74, 6) is -0.741. The molecule has 1 aromatic rings. The van der Waals surface area contributed by atoms with E-state index in [1.54, 1.807) is 6.92 Å². The second-order valence-corrected chi connectivity index (χ2v) is 6.04. The number of nitrogens with zero attached hydrogens (tertiary/aromatic N) is 2. The third kappa shape index (κ3) is 5.30. The van der Waals surface area contributed by atoms with Crippen molar-refractivity contribution in [3.05, 3.63) is 35.9 Å². The summed E-state index contributed by atoms with van der Waals surface area (Å²) in [5, 5.41) is 12.0. The van der Waals surface area contributed by atoms with Crippen molar-refractivity contribution in [3.8, 4) is 0 Å². The SMILES string of the molecule is CC1=NC(SCC(=O)NCc2ccccc2)=NC(=O)C1CCO. The number of aliphatic hydroxyl groups excluding tert-OH is 1. The molecule has 0 bridgehead atoms. The highest BCUT2D eigenvalue weighted by Crippen LogP contribution is 2.18. The molecule has 1 aliphatic heterocycles. The molecule has 23 heavy (non-hydrogen) atoms. The molecule has 1 aliphatic rings. The molecule has 0 aromatic heterocycles. The van der Waals surface area contributed by atoms with Gasteiger partial charge in [0, 0.05) is 18.9 Å². The molecule has 0 radical (unpaired) electrons. The Morgan fingerprint density at radius 2 is 2.04 bits per heavy atom. The van der Waals surface area contributed by atoms with Crippen LogP contribution >= 0.6 is 11.8 Å². The third-order valence-electron chi connectivity index (χ3n) is 3.36. The normalized spacial score (nSPS) is 17.5. The molecule has 1 heterocycles. The fourth-order valence-electron chi connectivity index (χ4n) is 2.11. The molecule has 0 aliphatic carbocycles. The third-order valence-corrected chi connectivity index (χ3v) is 4.21. The van der Waals surface area contributed by atoms with Crippen molar-refractivity contribution in [2.24, 2.45) is 15.9 Å². The van der Waals surface area contributed by atoms with Crippen LogP contribution in [0.2, 0.25) is 0 Å². The summed E-state index contributed by atoms with van der Waals surface area (Å²) in [4.78, 5) is 31.8. The van der Waals surface area contributed by atoms with Crippen LogP contribution in [0.3, 0.4) is 0 Å². The van der Waals surface area contributed by atoms with Crippen LogP contribution in [0.25, 0.3) is 0 Å². The minimum Gasteiger partial charge on any atom is -0.396 e. The summed E-state index contributed by atoms with van der Waals surface area (Å²) >= 11 is 1.14. The van der Waals surface area contributed by atoms with Crippen LogP contribution in [0.15, 0.2) is 40.3 Å². The lowest BCUT2D eigenvalue weighted by atomic mass is 9.99. The van der Waals surface area contributed by atoms with E-state index in [2.05, 4.69) is 15.3 Å². The highest BCUT2D eigenvalue weighted by Gasteiger charge is 2.25. The Kier molecular flexibility index (Phi) is 6.49. The van der Waals surface area contributed by atoms with E-state index in [9.17, 15) is 9.59 Å². The molecule has 1 aromatic carbocycles. The number of hydrogen-bond donors (Lipinski definition) is 2. The summed E-state index contributed by atoms with van der Waals surface area (Å²) in [6.45, 7) is 2.12. The maximum absolute atomic E-state index is 11.9. The lowest BCUT2D eigenvalue weighted by Crippen LogP contribution is -2.28. The molecule has 0 spiro atoms. The zero-order valence-electron chi connectivity index (χ0n) is 12.9. The van der Waals surface area contributed by atoms with E-state index in [4.69, 9.17) is 5.11 Å². The van der Waals surface area contributed by atoms with Crippen molar-refractivity contribution in [1.82, 2.24) is 5.32 Å². The number of benzene rings is 1. The number of rotatable bonds is 6. The summed E-state index contributed by atoms with van der Waals surface area (Å²) in [7, 11) is 0. The van der Waals surface area contributed by atoms with Crippen molar-refractivity contribution in [1.29, 1.82) is 0 Å². The van der Waals surface area contributed by atoms with Crippen molar-refractivity contribution in [2.45, 2.75) is 19.9 Å². The number of aliphatic hydroxyl groups is 1. The number of carbonyl (C=O) groups excluding carboxylic acids is 2. The van der Waals surface area contributed by atoms with Gasteiger partial charge >= 0.3 is 0 Å². The maximum atomic E-state index is 11.9. The summed E-state index contributed by atoms with van der Waals surface area (Å²) < 4.78 is 0. The van der Waals surface area contributed by atoms with Gasteiger partial charge in [-0.05, 0) is 18.9 Å². The molecule has 0 fully saturated rings. The fraction of sp³-hybridized carbons (Fsp3) is 0.375. The first kappa shape index (κ1) is 17.4. The highest BCUT2D eigenvalue weighted by atomic mass is 32.2. The summed E-state index contributed by atoms with van der Waals surface area (Å²) in [5.41, 5.74) is 1.66. The van der Waals surface area contributed by atoms with Gasteiger partial charge in [0.05, 0.1) is 11.7 Å². The van der Waals surface area contributed by atoms with Gasteiger partial charge in [0.25, 0.3) is 5.91 Å². The number of thioether (sulfide) groups is 1. The molecule has 1 unspecified atom stereocenters. The van der Waals surface area contributed by atoms with Crippen LogP contribution in [0, 0.1) is 5.92 Å².